The number of para-hydroxylation sites is 1. The average Bonchev–Trinajstić information content (AvgIpc) is 2.57. The zero-order valence-corrected chi connectivity index (χ0v) is 14.1. The number of benzene rings is 2. The summed E-state index contributed by atoms with van der Waals surface area (Å²) in [4.78, 5) is 14.2. The first-order valence-corrected chi connectivity index (χ1v) is 8.09. The first kappa shape index (κ1) is 17.4. The highest BCUT2D eigenvalue weighted by atomic mass is 35.5. The van der Waals surface area contributed by atoms with E-state index >= 15 is 0 Å². The van der Waals surface area contributed by atoms with Gasteiger partial charge < -0.3 is 4.74 Å². The van der Waals surface area contributed by atoms with Gasteiger partial charge in [-0.15, -0.1) is 0 Å². The van der Waals surface area contributed by atoms with Crippen LogP contribution in [0.2, 0.25) is 5.02 Å². The van der Waals surface area contributed by atoms with Gasteiger partial charge in [-0.05, 0) is 43.2 Å². The monoisotopic (exact) mass is 330 g/mol. The van der Waals surface area contributed by atoms with Gasteiger partial charge in [0.25, 0.3) is 0 Å². The zero-order valence-electron chi connectivity index (χ0n) is 13.3. The van der Waals surface area contributed by atoms with Crippen molar-refractivity contribution in [2.45, 2.75) is 26.2 Å². The number of halogens is 1. The molecule has 1 amide bonds. The summed E-state index contributed by atoms with van der Waals surface area (Å²) in [6.07, 6.45) is 2.19. The van der Waals surface area contributed by atoms with E-state index in [1.54, 1.807) is 4.90 Å². The molecule has 0 aromatic heterocycles. The second kappa shape index (κ2) is 8.59. The van der Waals surface area contributed by atoms with Crippen LogP contribution in [-0.2, 0) is 4.74 Å². The minimum absolute atomic E-state index is 0.386. The number of rotatable bonds is 6. The largest absolute Gasteiger partial charge is 0.449 e. The van der Waals surface area contributed by atoms with Gasteiger partial charge in [0.2, 0.25) is 0 Å². The molecular weight excluding hydrogens is 310 g/mol. The van der Waals surface area contributed by atoms with Crippen molar-refractivity contribution in [2.24, 2.45) is 0 Å². The Morgan fingerprint density at radius 1 is 1.13 bits per heavy atom. The standard InChI is InChI=1S/C19H21ClNO2/c1-3-4-8-14-23-19(22)21(16-10-6-5-7-11-16)18-13-9-12-17(20)15(18)2/h5-7,9-13H,1,3-4,8,14H2,2H3. The van der Waals surface area contributed by atoms with E-state index < -0.39 is 6.09 Å². The third-order valence-electron chi connectivity index (χ3n) is 3.55. The predicted molar refractivity (Wildman–Crippen MR) is 95.3 cm³/mol. The van der Waals surface area contributed by atoms with Crippen molar-refractivity contribution in [3.63, 3.8) is 0 Å². The van der Waals surface area contributed by atoms with Crippen LogP contribution in [0, 0.1) is 13.8 Å². The molecule has 121 valence electrons. The maximum atomic E-state index is 12.6. The van der Waals surface area contributed by atoms with Crippen LogP contribution in [0.5, 0.6) is 0 Å². The summed E-state index contributed by atoms with van der Waals surface area (Å²) < 4.78 is 5.43. The molecule has 3 nitrogen and oxygen atoms in total. The fourth-order valence-electron chi connectivity index (χ4n) is 2.26. The lowest BCUT2D eigenvalue weighted by molar-refractivity contribution is 0.154. The minimum atomic E-state index is -0.398. The topological polar surface area (TPSA) is 29.5 Å². The van der Waals surface area contributed by atoms with Crippen LogP contribution < -0.4 is 4.90 Å². The Balaban J connectivity index is 2.29. The summed E-state index contributed by atoms with van der Waals surface area (Å²) in [6, 6.07) is 14.9. The summed E-state index contributed by atoms with van der Waals surface area (Å²) >= 11 is 6.21. The van der Waals surface area contributed by atoms with Gasteiger partial charge in [0.15, 0.2) is 0 Å². The molecule has 4 heteroatoms. The molecule has 2 aromatic carbocycles. The van der Waals surface area contributed by atoms with E-state index in [1.165, 1.54) is 0 Å². The number of hydrogen-bond donors (Lipinski definition) is 0. The van der Waals surface area contributed by atoms with E-state index in [0.717, 1.165) is 36.2 Å². The van der Waals surface area contributed by atoms with Gasteiger partial charge in [0, 0.05) is 5.02 Å². The third kappa shape index (κ3) is 4.49. The average molecular weight is 331 g/mol. The van der Waals surface area contributed by atoms with Crippen LogP contribution in [0.3, 0.4) is 0 Å². The Bertz CT molecular complexity index is 643. The van der Waals surface area contributed by atoms with Gasteiger partial charge in [-0.2, -0.15) is 0 Å². The summed E-state index contributed by atoms with van der Waals surface area (Å²) in [6.45, 7) is 6.07. The number of nitrogens with zero attached hydrogens (tertiary/aromatic N) is 1. The van der Waals surface area contributed by atoms with Crippen molar-refractivity contribution in [3.05, 3.63) is 66.0 Å². The summed E-state index contributed by atoms with van der Waals surface area (Å²) in [5.74, 6) is 0. The van der Waals surface area contributed by atoms with Crippen molar-refractivity contribution >= 4 is 29.1 Å². The highest BCUT2D eigenvalue weighted by Crippen LogP contribution is 2.32. The molecule has 2 rings (SSSR count). The number of ether oxygens (including phenoxy) is 1. The Morgan fingerprint density at radius 2 is 1.87 bits per heavy atom. The number of carbonyl (C=O) groups is 1. The normalized spacial score (nSPS) is 10.4. The molecule has 0 bridgehead atoms. The van der Waals surface area contributed by atoms with Crippen molar-refractivity contribution < 1.29 is 9.53 Å². The van der Waals surface area contributed by atoms with Crippen LogP contribution in [0.25, 0.3) is 0 Å². The lowest BCUT2D eigenvalue weighted by atomic mass is 10.1. The number of unbranched alkanes of at least 4 members (excludes halogenated alkanes) is 2. The first-order chi connectivity index (χ1) is 11.1. The van der Waals surface area contributed by atoms with E-state index in [1.807, 2.05) is 55.5 Å². The molecule has 0 N–H and O–H groups in total. The summed E-state index contributed by atoms with van der Waals surface area (Å²) in [7, 11) is 0. The minimum Gasteiger partial charge on any atom is -0.449 e. The summed E-state index contributed by atoms with van der Waals surface area (Å²) in [5, 5.41) is 0.619. The Labute approximate surface area is 142 Å². The molecule has 1 radical (unpaired) electrons. The molecule has 23 heavy (non-hydrogen) atoms. The molecular formula is C19H21ClNO2. The van der Waals surface area contributed by atoms with E-state index in [0.29, 0.717) is 11.6 Å². The van der Waals surface area contributed by atoms with E-state index in [-0.39, 0.29) is 0 Å². The van der Waals surface area contributed by atoms with Crippen molar-refractivity contribution in [1.29, 1.82) is 0 Å². The molecule has 0 aliphatic heterocycles. The predicted octanol–water partition coefficient (Wildman–Crippen LogP) is 5.93. The molecule has 0 atom stereocenters. The fourth-order valence-corrected chi connectivity index (χ4v) is 2.43. The zero-order chi connectivity index (χ0) is 16.7. The second-order valence-electron chi connectivity index (χ2n) is 5.23. The van der Waals surface area contributed by atoms with Crippen molar-refractivity contribution in [3.8, 4) is 0 Å². The number of carbonyl (C=O) groups excluding carboxylic acids is 1. The quantitative estimate of drug-likeness (QED) is 0.614. The van der Waals surface area contributed by atoms with Gasteiger partial charge in [0.1, 0.15) is 0 Å². The smallest absolute Gasteiger partial charge is 0.418 e. The van der Waals surface area contributed by atoms with E-state index in [9.17, 15) is 4.79 Å². The number of anilines is 2. The van der Waals surface area contributed by atoms with Crippen LogP contribution >= 0.6 is 11.6 Å². The highest BCUT2D eigenvalue weighted by Gasteiger charge is 2.21. The van der Waals surface area contributed by atoms with Gasteiger partial charge in [-0.3, -0.25) is 0 Å². The number of amides is 1. The molecule has 0 saturated heterocycles. The maximum absolute atomic E-state index is 12.6. The molecule has 2 aromatic rings. The fraction of sp³-hybridized carbons (Fsp3) is 0.263. The molecule has 0 fully saturated rings. The van der Waals surface area contributed by atoms with Crippen molar-refractivity contribution in [1.82, 2.24) is 0 Å². The molecule has 0 aliphatic carbocycles. The van der Waals surface area contributed by atoms with Crippen LogP contribution in [0.1, 0.15) is 24.8 Å². The third-order valence-corrected chi connectivity index (χ3v) is 3.96. The molecule has 0 heterocycles. The van der Waals surface area contributed by atoms with Gasteiger partial charge in [-0.1, -0.05) is 55.6 Å². The molecule has 0 spiro atoms. The lowest BCUT2D eigenvalue weighted by Gasteiger charge is -2.24. The van der Waals surface area contributed by atoms with E-state index in [4.69, 9.17) is 16.3 Å². The molecule has 0 saturated carbocycles. The Hall–Kier alpha value is -2.00. The van der Waals surface area contributed by atoms with Gasteiger partial charge >= 0.3 is 6.09 Å². The maximum Gasteiger partial charge on any atom is 0.418 e. The van der Waals surface area contributed by atoms with Crippen LogP contribution in [-0.4, -0.2) is 12.7 Å². The second-order valence-corrected chi connectivity index (χ2v) is 5.64. The molecule has 0 aliphatic rings. The number of hydrogen-bond acceptors (Lipinski definition) is 2. The summed E-state index contributed by atoms with van der Waals surface area (Å²) in [5.41, 5.74) is 2.32. The van der Waals surface area contributed by atoms with Crippen molar-refractivity contribution in [2.75, 3.05) is 11.5 Å². The van der Waals surface area contributed by atoms with Gasteiger partial charge in [0.05, 0.1) is 18.0 Å². The van der Waals surface area contributed by atoms with Gasteiger partial charge in [-0.25, -0.2) is 9.69 Å². The lowest BCUT2D eigenvalue weighted by Crippen LogP contribution is -2.27. The van der Waals surface area contributed by atoms with E-state index in [2.05, 4.69) is 6.92 Å². The van der Waals surface area contributed by atoms with Crippen LogP contribution in [0.4, 0.5) is 16.2 Å². The SMILES string of the molecule is [CH2]CCCCOC(=O)N(c1ccccc1)c1cccc(Cl)c1C. The Morgan fingerprint density at radius 3 is 2.57 bits per heavy atom. The van der Waals surface area contributed by atoms with Crippen LogP contribution in [0.15, 0.2) is 48.5 Å². The highest BCUT2D eigenvalue weighted by molar-refractivity contribution is 6.31. The Kier molecular flexibility index (Phi) is 6.48. The first-order valence-electron chi connectivity index (χ1n) is 7.71. The molecule has 0 unspecified atom stereocenters.